The lowest BCUT2D eigenvalue weighted by Crippen LogP contribution is -2.12. The van der Waals surface area contributed by atoms with Crippen molar-refractivity contribution in [2.45, 2.75) is 6.73 Å². The Bertz CT molecular complexity index is 803. The van der Waals surface area contributed by atoms with Gasteiger partial charge in [-0.3, -0.25) is 4.57 Å². The van der Waals surface area contributed by atoms with Gasteiger partial charge in [-0.25, -0.2) is 19.7 Å². The summed E-state index contributed by atoms with van der Waals surface area (Å²) in [7, 11) is 0. The first-order valence-corrected chi connectivity index (χ1v) is 6.97. The average molecular weight is 313 g/mol. The summed E-state index contributed by atoms with van der Waals surface area (Å²) in [4.78, 5) is 23.8. The number of rotatable bonds is 6. The van der Waals surface area contributed by atoms with Gasteiger partial charge in [-0.2, -0.15) is 0 Å². The Kier molecular flexibility index (Phi) is 4.44. The molecule has 0 aliphatic carbocycles. The molecule has 23 heavy (non-hydrogen) atoms. The average Bonchev–Trinajstić information content (AvgIpc) is 3.00. The monoisotopic (exact) mass is 313 g/mol. The van der Waals surface area contributed by atoms with Crippen LogP contribution in [0.4, 0.5) is 5.82 Å². The number of hydrogen-bond acceptors (Lipinski definition) is 7. The predicted molar refractivity (Wildman–Crippen MR) is 82.4 cm³/mol. The number of imidazole rings is 1. The summed E-state index contributed by atoms with van der Waals surface area (Å²) in [6.07, 6.45) is 2.95. The Morgan fingerprint density at radius 2 is 1.96 bits per heavy atom. The molecule has 2 heterocycles. The number of anilines is 1. The maximum Gasteiger partial charge on any atom is 0.338 e. The molecule has 8 heteroatoms. The van der Waals surface area contributed by atoms with Crippen LogP contribution in [-0.4, -0.2) is 38.7 Å². The first-order valence-electron chi connectivity index (χ1n) is 6.97. The summed E-state index contributed by atoms with van der Waals surface area (Å²) in [6.45, 7) is 0.659. The molecule has 0 fully saturated rings. The fourth-order valence-electron chi connectivity index (χ4n) is 2.01. The zero-order valence-electron chi connectivity index (χ0n) is 12.3. The maximum absolute atomic E-state index is 11.7. The molecule has 2 N–H and O–H groups in total. The minimum Gasteiger partial charge on any atom is -0.460 e. The molecule has 118 valence electrons. The van der Waals surface area contributed by atoms with Crippen LogP contribution in [-0.2, 0) is 16.2 Å². The zero-order valence-corrected chi connectivity index (χ0v) is 12.3. The largest absolute Gasteiger partial charge is 0.460 e. The van der Waals surface area contributed by atoms with Crippen molar-refractivity contribution >= 4 is 23.0 Å². The Morgan fingerprint density at radius 3 is 2.78 bits per heavy atom. The summed E-state index contributed by atoms with van der Waals surface area (Å²) in [5.74, 6) is -0.0478. The van der Waals surface area contributed by atoms with Crippen LogP contribution in [0.25, 0.3) is 11.2 Å². The molecule has 0 atom stereocenters. The number of ether oxygens (including phenoxy) is 2. The Hall–Kier alpha value is -3.00. The molecule has 3 rings (SSSR count). The third kappa shape index (κ3) is 3.43. The molecule has 0 aliphatic heterocycles. The second-order valence-corrected chi connectivity index (χ2v) is 4.68. The summed E-state index contributed by atoms with van der Waals surface area (Å²) in [6, 6.07) is 8.80. The van der Waals surface area contributed by atoms with Crippen LogP contribution in [0.3, 0.4) is 0 Å². The van der Waals surface area contributed by atoms with Crippen molar-refractivity contribution in [3.63, 3.8) is 0 Å². The number of nitrogens with two attached hydrogens (primary N) is 1. The fourth-order valence-corrected chi connectivity index (χ4v) is 2.01. The van der Waals surface area contributed by atoms with Gasteiger partial charge in [-0.05, 0) is 12.1 Å². The molecule has 0 radical (unpaired) electrons. The number of nitrogens with zero attached hydrogens (tertiary/aromatic N) is 4. The molecule has 0 spiro atoms. The molecular formula is C15H15N5O3. The second kappa shape index (κ2) is 6.84. The first-order chi connectivity index (χ1) is 11.3. The van der Waals surface area contributed by atoms with E-state index < -0.39 is 0 Å². The van der Waals surface area contributed by atoms with Gasteiger partial charge >= 0.3 is 5.97 Å². The lowest BCUT2D eigenvalue weighted by molar-refractivity contribution is 0.0181. The van der Waals surface area contributed by atoms with E-state index >= 15 is 0 Å². The van der Waals surface area contributed by atoms with Gasteiger partial charge in [-0.1, -0.05) is 18.2 Å². The number of nitrogen functional groups attached to an aromatic ring is 1. The molecule has 0 unspecified atom stereocenters. The molecule has 8 nitrogen and oxygen atoms in total. The van der Waals surface area contributed by atoms with E-state index in [1.807, 2.05) is 6.07 Å². The van der Waals surface area contributed by atoms with Crippen LogP contribution in [0.1, 0.15) is 10.4 Å². The normalized spacial score (nSPS) is 10.8. The minimum absolute atomic E-state index is 0.164. The van der Waals surface area contributed by atoms with Gasteiger partial charge in [0, 0.05) is 0 Å². The number of hydrogen-bond donors (Lipinski definition) is 1. The molecule has 1 aromatic carbocycles. The van der Waals surface area contributed by atoms with Gasteiger partial charge in [0.2, 0.25) is 0 Å². The fraction of sp³-hybridized carbons (Fsp3) is 0.200. The molecule has 0 saturated heterocycles. The number of fused-ring (bicyclic) bond motifs is 1. The lowest BCUT2D eigenvalue weighted by atomic mass is 10.2. The van der Waals surface area contributed by atoms with E-state index in [0.29, 0.717) is 22.5 Å². The number of esters is 1. The second-order valence-electron chi connectivity index (χ2n) is 4.68. The van der Waals surface area contributed by atoms with Crippen LogP contribution in [0.15, 0.2) is 43.0 Å². The van der Waals surface area contributed by atoms with Gasteiger partial charge in [0.1, 0.15) is 25.2 Å². The molecule has 0 amide bonds. The third-order valence-electron chi connectivity index (χ3n) is 3.13. The summed E-state index contributed by atoms with van der Waals surface area (Å²) < 4.78 is 12.3. The lowest BCUT2D eigenvalue weighted by Gasteiger charge is -2.07. The molecule has 0 bridgehead atoms. The smallest absolute Gasteiger partial charge is 0.338 e. The van der Waals surface area contributed by atoms with Gasteiger partial charge in [-0.15, -0.1) is 0 Å². The van der Waals surface area contributed by atoms with Crippen molar-refractivity contribution in [2.24, 2.45) is 0 Å². The highest BCUT2D eigenvalue weighted by Crippen LogP contribution is 2.13. The van der Waals surface area contributed by atoms with Crippen molar-refractivity contribution in [3.05, 3.63) is 48.5 Å². The minimum atomic E-state index is -0.372. The Morgan fingerprint density at radius 1 is 1.13 bits per heavy atom. The van der Waals surface area contributed by atoms with Gasteiger partial charge in [0.05, 0.1) is 18.5 Å². The Balaban J connectivity index is 1.46. The van der Waals surface area contributed by atoms with Crippen LogP contribution in [0.2, 0.25) is 0 Å². The zero-order chi connectivity index (χ0) is 16.1. The highest BCUT2D eigenvalue weighted by Gasteiger charge is 2.08. The maximum atomic E-state index is 11.7. The number of benzene rings is 1. The standard InChI is InChI=1S/C15H15N5O3/c16-13-12-14(18-8-17-13)20(9-19-12)10-22-6-7-23-15(21)11-4-2-1-3-5-11/h1-5,8-9H,6-7,10H2,(H2,16,17,18). The quantitative estimate of drug-likeness (QED) is 0.539. The topological polar surface area (TPSA) is 105 Å². The van der Waals surface area contributed by atoms with E-state index in [1.54, 1.807) is 35.2 Å². The van der Waals surface area contributed by atoms with Crippen molar-refractivity contribution in [1.29, 1.82) is 0 Å². The van der Waals surface area contributed by atoms with Gasteiger partial charge in [0.25, 0.3) is 0 Å². The van der Waals surface area contributed by atoms with Crippen molar-refractivity contribution < 1.29 is 14.3 Å². The molecular weight excluding hydrogens is 298 g/mol. The van der Waals surface area contributed by atoms with Crippen molar-refractivity contribution in [2.75, 3.05) is 18.9 Å². The number of carbonyl (C=O) groups is 1. The molecule has 0 aliphatic rings. The third-order valence-corrected chi connectivity index (χ3v) is 3.13. The van der Waals surface area contributed by atoms with E-state index in [-0.39, 0.29) is 25.9 Å². The van der Waals surface area contributed by atoms with E-state index in [1.165, 1.54) is 6.33 Å². The van der Waals surface area contributed by atoms with E-state index in [9.17, 15) is 4.79 Å². The van der Waals surface area contributed by atoms with Crippen LogP contribution < -0.4 is 5.73 Å². The van der Waals surface area contributed by atoms with Crippen LogP contribution in [0, 0.1) is 0 Å². The van der Waals surface area contributed by atoms with Crippen LogP contribution >= 0.6 is 0 Å². The van der Waals surface area contributed by atoms with E-state index in [2.05, 4.69) is 15.0 Å². The van der Waals surface area contributed by atoms with E-state index in [4.69, 9.17) is 15.2 Å². The summed E-state index contributed by atoms with van der Waals surface area (Å²) in [5, 5.41) is 0. The van der Waals surface area contributed by atoms with Crippen molar-refractivity contribution in [1.82, 2.24) is 19.5 Å². The predicted octanol–water partition coefficient (Wildman–Crippen LogP) is 1.24. The van der Waals surface area contributed by atoms with Crippen molar-refractivity contribution in [3.8, 4) is 0 Å². The summed E-state index contributed by atoms with van der Waals surface area (Å²) in [5.41, 5.74) is 7.35. The van der Waals surface area contributed by atoms with E-state index in [0.717, 1.165) is 0 Å². The summed E-state index contributed by atoms with van der Waals surface area (Å²) >= 11 is 0. The highest BCUT2D eigenvalue weighted by atomic mass is 16.6. The van der Waals surface area contributed by atoms with Gasteiger partial charge < -0.3 is 15.2 Å². The molecule has 2 aromatic heterocycles. The SMILES string of the molecule is Nc1ncnc2c1ncn2COCCOC(=O)c1ccccc1. The molecule has 3 aromatic rings. The highest BCUT2D eigenvalue weighted by molar-refractivity contribution is 5.89. The Labute approximate surface area is 131 Å². The van der Waals surface area contributed by atoms with Gasteiger partial charge in [0.15, 0.2) is 11.5 Å². The molecule has 0 saturated carbocycles. The number of aromatic nitrogens is 4. The number of carbonyl (C=O) groups excluding carboxylic acids is 1. The first kappa shape index (κ1) is 14.9. The van der Waals surface area contributed by atoms with Crippen LogP contribution in [0.5, 0.6) is 0 Å².